The number of guanidine groups is 1. The molecule has 0 atom stereocenters. The summed E-state index contributed by atoms with van der Waals surface area (Å²) in [5.41, 5.74) is 0.966. The second-order valence-corrected chi connectivity index (χ2v) is 6.41. The highest BCUT2D eigenvalue weighted by Crippen LogP contribution is 2.32. The fraction of sp³-hybridized carbons (Fsp3) is 0.462. The number of fused-ring (bicyclic) bond motifs is 1. The highest BCUT2D eigenvalue weighted by molar-refractivity contribution is 7.89. The molecule has 0 aromatic heterocycles. The fourth-order valence-electron chi connectivity index (χ4n) is 1.86. The van der Waals surface area contributed by atoms with Gasteiger partial charge in [0, 0.05) is 13.1 Å². The molecule has 22 heavy (non-hydrogen) atoms. The van der Waals surface area contributed by atoms with Gasteiger partial charge in [-0.25, -0.2) is 18.5 Å². The normalized spacial score (nSPS) is 14.0. The highest BCUT2D eigenvalue weighted by atomic mass is 32.2. The Bertz CT molecular complexity index is 645. The Kier molecular flexibility index (Phi) is 5.45. The third kappa shape index (κ3) is 5.08. The van der Waals surface area contributed by atoms with Crippen LogP contribution in [0.5, 0.6) is 11.5 Å². The molecule has 1 aliphatic heterocycles. The maximum Gasteiger partial charge on any atom is 0.231 e. The van der Waals surface area contributed by atoms with E-state index in [1.807, 2.05) is 25.1 Å². The molecule has 4 N–H and O–H groups in total. The number of nitrogens with two attached hydrogens (primary N) is 1. The first kappa shape index (κ1) is 16.4. The molecule has 1 aromatic rings. The van der Waals surface area contributed by atoms with Crippen LogP contribution in [0.15, 0.2) is 23.2 Å². The number of ether oxygens (including phenoxy) is 2. The highest BCUT2D eigenvalue weighted by Gasteiger charge is 2.13. The Morgan fingerprint density at radius 1 is 1.32 bits per heavy atom. The van der Waals surface area contributed by atoms with Crippen molar-refractivity contribution in [3.8, 4) is 11.5 Å². The number of hydrogen-bond donors (Lipinski definition) is 3. The van der Waals surface area contributed by atoms with E-state index >= 15 is 0 Å². The first-order valence-electron chi connectivity index (χ1n) is 6.89. The minimum Gasteiger partial charge on any atom is -0.454 e. The van der Waals surface area contributed by atoms with Crippen LogP contribution >= 0.6 is 0 Å². The molecule has 9 heteroatoms. The summed E-state index contributed by atoms with van der Waals surface area (Å²) in [7, 11) is -3.48. The van der Waals surface area contributed by atoms with Crippen molar-refractivity contribution < 1.29 is 17.9 Å². The lowest BCUT2D eigenvalue weighted by Crippen LogP contribution is -2.40. The lowest BCUT2D eigenvalue weighted by molar-refractivity contribution is 0.174. The molecule has 122 valence electrons. The smallest absolute Gasteiger partial charge is 0.231 e. The minimum absolute atomic E-state index is 0.151. The van der Waals surface area contributed by atoms with Gasteiger partial charge in [0.1, 0.15) is 0 Å². The van der Waals surface area contributed by atoms with Crippen molar-refractivity contribution in [3.05, 3.63) is 23.8 Å². The van der Waals surface area contributed by atoms with Gasteiger partial charge in [-0.3, -0.25) is 0 Å². The fourth-order valence-corrected chi connectivity index (χ4v) is 2.25. The van der Waals surface area contributed by atoms with Gasteiger partial charge in [0.05, 0.1) is 12.3 Å². The van der Waals surface area contributed by atoms with Crippen LogP contribution in [0.25, 0.3) is 0 Å². The summed E-state index contributed by atoms with van der Waals surface area (Å²) in [5.74, 6) is 1.82. The van der Waals surface area contributed by atoms with E-state index in [2.05, 4.69) is 15.6 Å². The van der Waals surface area contributed by atoms with Crippen molar-refractivity contribution in [2.75, 3.05) is 25.6 Å². The molecule has 1 heterocycles. The standard InChI is InChI=1S/C13H20N4O4S/c1-2-15-13(16-5-6-22(14,18)19)17-8-10-3-4-11-12(7-10)21-9-20-11/h3-4,7H,2,5-6,8-9H2,1H3,(H2,14,18,19)(H2,15,16,17). The van der Waals surface area contributed by atoms with Crippen molar-refractivity contribution in [3.63, 3.8) is 0 Å². The SMILES string of the molecule is CCNC(=NCc1ccc2c(c1)OCO2)NCCS(N)(=O)=O. The average molecular weight is 328 g/mol. The minimum atomic E-state index is -3.48. The molecule has 0 bridgehead atoms. The Morgan fingerprint density at radius 3 is 2.82 bits per heavy atom. The summed E-state index contributed by atoms with van der Waals surface area (Å²) in [6.07, 6.45) is 0. The average Bonchev–Trinajstić information content (AvgIpc) is 2.91. The van der Waals surface area contributed by atoms with Crippen molar-refractivity contribution in [1.29, 1.82) is 0 Å². The molecule has 0 saturated carbocycles. The van der Waals surface area contributed by atoms with Crippen LogP contribution in [-0.2, 0) is 16.6 Å². The molecule has 0 amide bonds. The molecule has 0 aliphatic carbocycles. The Morgan fingerprint density at radius 2 is 2.09 bits per heavy atom. The zero-order valence-electron chi connectivity index (χ0n) is 12.3. The van der Waals surface area contributed by atoms with Crippen molar-refractivity contribution in [2.24, 2.45) is 10.1 Å². The van der Waals surface area contributed by atoms with E-state index in [0.717, 1.165) is 11.3 Å². The molecule has 2 rings (SSSR count). The second kappa shape index (κ2) is 7.32. The van der Waals surface area contributed by atoms with Gasteiger partial charge >= 0.3 is 0 Å². The summed E-state index contributed by atoms with van der Waals surface area (Å²) in [6.45, 7) is 3.47. The number of benzene rings is 1. The van der Waals surface area contributed by atoms with Gasteiger partial charge in [-0.05, 0) is 24.6 Å². The number of sulfonamides is 1. The topological polar surface area (TPSA) is 115 Å². The molecular formula is C13H20N4O4S. The third-order valence-electron chi connectivity index (χ3n) is 2.88. The first-order chi connectivity index (χ1) is 10.5. The molecule has 0 unspecified atom stereocenters. The van der Waals surface area contributed by atoms with Crippen LogP contribution in [0.4, 0.5) is 0 Å². The van der Waals surface area contributed by atoms with E-state index in [4.69, 9.17) is 14.6 Å². The number of nitrogens with one attached hydrogen (secondary N) is 2. The van der Waals surface area contributed by atoms with E-state index in [1.54, 1.807) is 0 Å². The van der Waals surface area contributed by atoms with Crippen LogP contribution in [0, 0.1) is 0 Å². The zero-order valence-corrected chi connectivity index (χ0v) is 13.1. The quantitative estimate of drug-likeness (QED) is 0.490. The van der Waals surface area contributed by atoms with Gasteiger partial charge in [0.15, 0.2) is 17.5 Å². The molecule has 8 nitrogen and oxygen atoms in total. The van der Waals surface area contributed by atoms with Gasteiger partial charge in [0.2, 0.25) is 16.8 Å². The largest absolute Gasteiger partial charge is 0.454 e. The van der Waals surface area contributed by atoms with E-state index in [-0.39, 0.29) is 19.1 Å². The Labute approximate surface area is 129 Å². The van der Waals surface area contributed by atoms with Crippen LogP contribution in [0.2, 0.25) is 0 Å². The molecule has 0 saturated heterocycles. The van der Waals surface area contributed by atoms with Gasteiger partial charge in [-0.15, -0.1) is 0 Å². The number of nitrogens with zero attached hydrogens (tertiary/aromatic N) is 1. The predicted octanol–water partition coefficient (Wildman–Crippen LogP) is -0.241. The van der Waals surface area contributed by atoms with Crippen molar-refractivity contribution in [1.82, 2.24) is 10.6 Å². The monoisotopic (exact) mass is 328 g/mol. The summed E-state index contributed by atoms with van der Waals surface area (Å²) < 4.78 is 32.4. The number of rotatable bonds is 6. The van der Waals surface area contributed by atoms with E-state index in [0.29, 0.717) is 24.8 Å². The van der Waals surface area contributed by atoms with Crippen molar-refractivity contribution in [2.45, 2.75) is 13.5 Å². The van der Waals surface area contributed by atoms with Crippen LogP contribution < -0.4 is 25.2 Å². The summed E-state index contributed by atoms with van der Waals surface area (Å²) in [5, 5.41) is 10.9. The molecule has 0 radical (unpaired) electrons. The van der Waals surface area contributed by atoms with E-state index < -0.39 is 10.0 Å². The number of aliphatic imine (C=N–C) groups is 1. The Hall–Kier alpha value is -2.00. The summed E-state index contributed by atoms with van der Waals surface area (Å²) in [6, 6.07) is 5.62. The van der Waals surface area contributed by atoms with Crippen LogP contribution in [0.1, 0.15) is 12.5 Å². The molecule has 1 aromatic carbocycles. The predicted molar refractivity (Wildman–Crippen MR) is 83.4 cm³/mol. The molecule has 0 spiro atoms. The van der Waals surface area contributed by atoms with E-state index in [9.17, 15) is 8.42 Å². The lowest BCUT2D eigenvalue weighted by Gasteiger charge is -2.10. The molecule has 1 aliphatic rings. The Balaban J connectivity index is 1.94. The number of hydrogen-bond acceptors (Lipinski definition) is 5. The first-order valence-corrected chi connectivity index (χ1v) is 8.60. The van der Waals surface area contributed by atoms with Gasteiger partial charge < -0.3 is 20.1 Å². The van der Waals surface area contributed by atoms with Gasteiger partial charge in [-0.1, -0.05) is 6.07 Å². The van der Waals surface area contributed by atoms with Gasteiger partial charge in [0.25, 0.3) is 0 Å². The second-order valence-electron chi connectivity index (χ2n) is 4.68. The zero-order chi connectivity index (χ0) is 16.0. The van der Waals surface area contributed by atoms with Crippen molar-refractivity contribution >= 4 is 16.0 Å². The lowest BCUT2D eigenvalue weighted by atomic mass is 10.2. The number of primary sulfonamides is 1. The maximum absolute atomic E-state index is 10.9. The van der Waals surface area contributed by atoms with Crippen LogP contribution in [-0.4, -0.2) is 40.0 Å². The third-order valence-corrected chi connectivity index (χ3v) is 3.65. The molecule has 0 fully saturated rings. The maximum atomic E-state index is 10.9. The summed E-state index contributed by atoms with van der Waals surface area (Å²) >= 11 is 0. The molecular weight excluding hydrogens is 308 g/mol. The van der Waals surface area contributed by atoms with Gasteiger partial charge in [-0.2, -0.15) is 0 Å². The summed E-state index contributed by atoms with van der Waals surface area (Å²) in [4.78, 5) is 4.39. The van der Waals surface area contributed by atoms with Crippen LogP contribution in [0.3, 0.4) is 0 Å². The van der Waals surface area contributed by atoms with E-state index in [1.165, 1.54) is 0 Å².